The Bertz CT molecular complexity index is 350. The quantitative estimate of drug-likeness (QED) is 0.871. The maximum Gasteiger partial charge on any atom is 0.0732 e. The van der Waals surface area contributed by atoms with E-state index in [1.807, 2.05) is 18.2 Å². The van der Waals surface area contributed by atoms with Gasteiger partial charge in [-0.15, -0.1) is 0 Å². The van der Waals surface area contributed by atoms with Gasteiger partial charge in [0, 0.05) is 17.7 Å². The molecule has 1 aliphatic rings. The first kappa shape index (κ1) is 12.9. The van der Waals surface area contributed by atoms with Gasteiger partial charge in [0.15, 0.2) is 0 Å². The van der Waals surface area contributed by atoms with Gasteiger partial charge in [0.1, 0.15) is 0 Å². The van der Waals surface area contributed by atoms with Crippen molar-refractivity contribution in [3.05, 3.63) is 34.9 Å². The van der Waals surface area contributed by atoms with Crippen molar-refractivity contribution in [3.8, 4) is 0 Å². The van der Waals surface area contributed by atoms with Crippen molar-refractivity contribution in [1.82, 2.24) is 5.32 Å². The second kappa shape index (κ2) is 6.39. The monoisotopic (exact) mass is 253 g/mol. The van der Waals surface area contributed by atoms with Crippen molar-refractivity contribution in [2.45, 2.75) is 38.3 Å². The highest BCUT2D eigenvalue weighted by molar-refractivity contribution is 6.31. The average Bonchev–Trinajstić information content (AvgIpc) is 2.85. The molecule has 1 aromatic rings. The molecule has 3 heteroatoms. The molecule has 1 fully saturated rings. The average molecular weight is 254 g/mol. The normalized spacial score (nSPS) is 21.6. The fraction of sp³-hybridized carbons (Fsp3) is 0.571. The zero-order valence-electron chi connectivity index (χ0n) is 10.3. The van der Waals surface area contributed by atoms with Crippen LogP contribution in [0.2, 0.25) is 5.02 Å². The van der Waals surface area contributed by atoms with E-state index in [2.05, 4.69) is 18.3 Å². The lowest BCUT2D eigenvalue weighted by atomic mass is 9.99. The molecule has 2 nitrogen and oxygen atoms in total. The van der Waals surface area contributed by atoms with E-state index in [1.54, 1.807) is 0 Å². The molecule has 0 aliphatic carbocycles. The molecule has 2 atom stereocenters. The molecule has 1 saturated heterocycles. The Morgan fingerprint density at radius 1 is 1.47 bits per heavy atom. The third-order valence-corrected chi connectivity index (χ3v) is 3.65. The maximum absolute atomic E-state index is 6.21. The predicted octanol–water partition coefficient (Wildman–Crippen LogP) is 3.04. The van der Waals surface area contributed by atoms with E-state index >= 15 is 0 Å². The maximum atomic E-state index is 6.21. The van der Waals surface area contributed by atoms with Gasteiger partial charge >= 0.3 is 0 Å². The molecule has 0 radical (unpaired) electrons. The van der Waals surface area contributed by atoms with Crippen molar-refractivity contribution in [1.29, 1.82) is 0 Å². The molecule has 17 heavy (non-hydrogen) atoms. The highest BCUT2D eigenvalue weighted by Crippen LogP contribution is 2.22. The standard InChI is InChI=1S/C14H20ClNO/c1-2-16-13(14-8-5-9-17-14)10-11-6-3-4-7-12(11)15/h3-4,6-7,13-14,16H,2,5,8-10H2,1H3. The predicted molar refractivity (Wildman–Crippen MR) is 71.6 cm³/mol. The lowest BCUT2D eigenvalue weighted by Gasteiger charge is -2.24. The number of halogens is 1. The number of nitrogens with one attached hydrogen (secondary N) is 1. The zero-order chi connectivity index (χ0) is 12.1. The van der Waals surface area contributed by atoms with Crippen LogP contribution in [0, 0.1) is 0 Å². The van der Waals surface area contributed by atoms with E-state index < -0.39 is 0 Å². The lowest BCUT2D eigenvalue weighted by molar-refractivity contribution is 0.0789. The van der Waals surface area contributed by atoms with Gasteiger partial charge in [0.25, 0.3) is 0 Å². The van der Waals surface area contributed by atoms with E-state index in [0.29, 0.717) is 12.1 Å². The smallest absolute Gasteiger partial charge is 0.0732 e. The molecular formula is C14H20ClNO. The zero-order valence-corrected chi connectivity index (χ0v) is 11.0. The summed E-state index contributed by atoms with van der Waals surface area (Å²) in [5.41, 5.74) is 1.20. The highest BCUT2D eigenvalue weighted by atomic mass is 35.5. The minimum Gasteiger partial charge on any atom is -0.377 e. The van der Waals surface area contributed by atoms with Gasteiger partial charge in [-0.2, -0.15) is 0 Å². The summed E-state index contributed by atoms with van der Waals surface area (Å²) in [7, 11) is 0. The van der Waals surface area contributed by atoms with Crippen molar-refractivity contribution in [3.63, 3.8) is 0 Å². The van der Waals surface area contributed by atoms with Crippen LogP contribution in [0.3, 0.4) is 0 Å². The van der Waals surface area contributed by atoms with Crippen LogP contribution in [-0.2, 0) is 11.2 Å². The Kier molecular flexibility index (Phi) is 4.84. The van der Waals surface area contributed by atoms with E-state index in [-0.39, 0.29) is 0 Å². The Morgan fingerprint density at radius 3 is 2.94 bits per heavy atom. The van der Waals surface area contributed by atoms with Crippen molar-refractivity contribution < 1.29 is 4.74 Å². The molecule has 0 aromatic heterocycles. The van der Waals surface area contributed by atoms with Crippen LogP contribution < -0.4 is 5.32 Å². The van der Waals surface area contributed by atoms with Gasteiger partial charge in [-0.25, -0.2) is 0 Å². The molecular weight excluding hydrogens is 234 g/mol. The van der Waals surface area contributed by atoms with Crippen LogP contribution in [0.4, 0.5) is 0 Å². The van der Waals surface area contributed by atoms with Crippen molar-refractivity contribution in [2.75, 3.05) is 13.2 Å². The number of hydrogen-bond acceptors (Lipinski definition) is 2. The SMILES string of the molecule is CCNC(Cc1ccccc1Cl)C1CCCO1. The van der Waals surface area contributed by atoms with Crippen molar-refractivity contribution in [2.24, 2.45) is 0 Å². The van der Waals surface area contributed by atoms with Crippen LogP contribution in [0.5, 0.6) is 0 Å². The minimum absolute atomic E-state index is 0.339. The summed E-state index contributed by atoms with van der Waals surface area (Å²) < 4.78 is 5.77. The summed E-state index contributed by atoms with van der Waals surface area (Å²) in [4.78, 5) is 0. The molecule has 1 aromatic carbocycles. The van der Waals surface area contributed by atoms with E-state index in [4.69, 9.17) is 16.3 Å². The first-order valence-electron chi connectivity index (χ1n) is 6.39. The number of hydrogen-bond donors (Lipinski definition) is 1. The Morgan fingerprint density at radius 2 is 2.29 bits per heavy atom. The molecule has 0 saturated carbocycles. The van der Waals surface area contributed by atoms with Crippen LogP contribution in [-0.4, -0.2) is 25.3 Å². The molecule has 1 N–H and O–H groups in total. The molecule has 1 heterocycles. The van der Waals surface area contributed by atoms with E-state index in [0.717, 1.165) is 31.0 Å². The molecule has 2 unspecified atom stereocenters. The van der Waals surface area contributed by atoms with Gasteiger partial charge < -0.3 is 10.1 Å². The number of likely N-dealkylation sites (N-methyl/N-ethyl adjacent to an activating group) is 1. The third kappa shape index (κ3) is 3.44. The number of ether oxygens (including phenoxy) is 1. The van der Waals surface area contributed by atoms with Gasteiger partial charge in [0.2, 0.25) is 0 Å². The van der Waals surface area contributed by atoms with Crippen LogP contribution in [0.1, 0.15) is 25.3 Å². The summed E-state index contributed by atoms with van der Waals surface area (Å²) in [6.45, 7) is 4.00. The second-order valence-corrected chi connectivity index (χ2v) is 4.92. The molecule has 0 amide bonds. The summed E-state index contributed by atoms with van der Waals surface area (Å²) in [6, 6.07) is 8.44. The Balaban J connectivity index is 2.04. The number of benzene rings is 1. The minimum atomic E-state index is 0.339. The Labute approximate surface area is 108 Å². The molecule has 1 aliphatic heterocycles. The fourth-order valence-electron chi connectivity index (χ4n) is 2.42. The summed E-state index contributed by atoms with van der Waals surface area (Å²) in [5, 5.41) is 4.37. The van der Waals surface area contributed by atoms with Crippen LogP contribution >= 0.6 is 11.6 Å². The second-order valence-electron chi connectivity index (χ2n) is 4.51. The largest absolute Gasteiger partial charge is 0.377 e. The van der Waals surface area contributed by atoms with Gasteiger partial charge in [-0.1, -0.05) is 36.7 Å². The summed E-state index contributed by atoms with van der Waals surface area (Å²) >= 11 is 6.21. The van der Waals surface area contributed by atoms with Crippen molar-refractivity contribution >= 4 is 11.6 Å². The first-order chi connectivity index (χ1) is 8.31. The molecule has 0 bridgehead atoms. The van der Waals surface area contributed by atoms with Gasteiger partial charge in [-0.3, -0.25) is 0 Å². The van der Waals surface area contributed by atoms with E-state index in [9.17, 15) is 0 Å². The van der Waals surface area contributed by atoms with Crippen LogP contribution in [0.15, 0.2) is 24.3 Å². The highest BCUT2D eigenvalue weighted by Gasteiger charge is 2.25. The van der Waals surface area contributed by atoms with Gasteiger partial charge in [0.05, 0.1) is 6.10 Å². The number of rotatable bonds is 5. The summed E-state index contributed by atoms with van der Waals surface area (Å²) in [5.74, 6) is 0. The van der Waals surface area contributed by atoms with E-state index in [1.165, 1.54) is 12.0 Å². The fourth-order valence-corrected chi connectivity index (χ4v) is 2.63. The molecule has 94 valence electrons. The Hall–Kier alpha value is -0.570. The molecule has 0 spiro atoms. The topological polar surface area (TPSA) is 21.3 Å². The lowest BCUT2D eigenvalue weighted by Crippen LogP contribution is -2.41. The summed E-state index contributed by atoms with van der Waals surface area (Å²) in [6.07, 6.45) is 3.61. The van der Waals surface area contributed by atoms with Crippen LogP contribution in [0.25, 0.3) is 0 Å². The van der Waals surface area contributed by atoms with Gasteiger partial charge in [-0.05, 0) is 37.4 Å². The molecule has 2 rings (SSSR count). The first-order valence-corrected chi connectivity index (χ1v) is 6.77. The third-order valence-electron chi connectivity index (χ3n) is 3.28.